The first kappa shape index (κ1) is 30.9. The maximum absolute atomic E-state index is 9.86. The summed E-state index contributed by atoms with van der Waals surface area (Å²) in [6.07, 6.45) is 5.04. The normalized spacial score (nSPS) is 17.4. The fourth-order valence-electron chi connectivity index (χ4n) is 8.24. The summed E-state index contributed by atoms with van der Waals surface area (Å²) in [5.41, 5.74) is 12.0. The van der Waals surface area contributed by atoms with Crippen molar-refractivity contribution in [3.63, 3.8) is 0 Å². The number of benzene rings is 5. The predicted octanol–water partition coefficient (Wildman–Crippen LogP) is 13.1. The number of hydrogen-bond donors (Lipinski definition) is 0. The molecule has 0 spiro atoms. The van der Waals surface area contributed by atoms with Gasteiger partial charge < -0.3 is 13.8 Å². The summed E-state index contributed by atoms with van der Waals surface area (Å²) in [7, 11) is 0. The maximum Gasteiger partial charge on any atom is 0.137 e. The molecule has 6 heteroatoms. The van der Waals surface area contributed by atoms with E-state index in [1.54, 1.807) is 12.1 Å². The van der Waals surface area contributed by atoms with Crippen LogP contribution in [0.25, 0.3) is 66.8 Å². The maximum atomic E-state index is 9.86. The number of rotatable bonds is 3. The van der Waals surface area contributed by atoms with Crippen LogP contribution in [0.1, 0.15) is 98.0 Å². The first-order valence-electron chi connectivity index (χ1n) is 22.9. The third-order valence-corrected chi connectivity index (χ3v) is 11.3. The second-order valence-corrected chi connectivity index (χ2v) is 16.8. The summed E-state index contributed by atoms with van der Waals surface area (Å²) in [4.78, 5) is 14.8. The Kier molecular flexibility index (Phi) is 8.12. The molecule has 0 N–H and O–H groups in total. The molecule has 5 nitrogen and oxygen atoms in total. The van der Waals surface area contributed by atoms with Crippen LogP contribution >= 0.6 is 0 Å². The molecule has 5 aromatic carbocycles. The van der Waals surface area contributed by atoms with Gasteiger partial charge in [0, 0.05) is 41.5 Å². The molecular formula is C51H49IrN5-2. The molecule has 0 bridgehead atoms. The molecule has 9 aromatic rings. The van der Waals surface area contributed by atoms with Crippen LogP contribution in [0.3, 0.4) is 0 Å². The average molecular weight is 931 g/mol. The molecular weight excluding hydrogens is 875 g/mol. The van der Waals surface area contributed by atoms with Gasteiger partial charge in [0.15, 0.2) is 0 Å². The molecule has 1 radical (unpaired) electrons. The number of nitrogens with zero attached hydrogens (tertiary/aromatic N) is 5. The fraction of sp³-hybridized carbons (Fsp3) is 0.275. The minimum absolute atomic E-state index is 0. The molecule has 1 aliphatic carbocycles. The zero-order valence-corrected chi connectivity index (χ0v) is 35.3. The SMILES string of the molecule is [2H]C([2H])([2H])c1c[c-]c(-c2ccc(C([2H])([2H])[2H])cn2)cc1.[2H]C1(c2ccc3c4c2nc(-c2ccccc2C(C)(C)C)n4c2ccc[c-]c2c2nc4ccccc4n32)CCC(C)(C)CC1.[Ir]. The van der Waals surface area contributed by atoms with Crippen LogP contribution in [0.5, 0.6) is 0 Å². The van der Waals surface area contributed by atoms with E-state index in [1.165, 1.54) is 30.0 Å². The minimum atomic E-state index is -2.18. The molecule has 1 aliphatic rings. The van der Waals surface area contributed by atoms with Gasteiger partial charge in [-0.2, -0.15) is 0 Å². The van der Waals surface area contributed by atoms with Crippen molar-refractivity contribution >= 4 is 44.1 Å². The van der Waals surface area contributed by atoms with Crippen LogP contribution in [0.4, 0.5) is 0 Å². The Morgan fingerprint density at radius 3 is 2.26 bits per heavy atom. The van der Waals surface area contributed by atoms with Crippen molar-refractivity contribution in [2.24, 2.45) is 5.41 Å². The van der Waals surface area contributed by atoms with Gasteiger partial charge in [0.2, 0.25) is 0 Å². The van der Waals surface area contributed by atoms with E-state index in [0.717, 1.165) is 86.8 Å². The van der Waals surface area contributed by atoms with Gasteiger partial charge in [0.05, 0.1) is 33.2 Å². The van der Waals surface area contributed by atoms with Gasteiger partial charge in [-0.15, -0.1) is 59.7 Å². The van der Waals surface area contributed by atoms with Crippen LogP contribution < -0.4 is 0 Å². The van der Waals surface area contributed by atoms with Crippen molar-refractivity contribution in [1.29, 1.82) is 0 Å². The number of pyridine rings is 1. The monoisotopic (exact) mass is 931 g/mol. The summed E-state index contributed by atoms with van der Waals surface area (Å²) < 4.78 is 58.1. The first-order chi connectivity index (χ1) is 29.7. The van der Waals surface area contributed by atoms with Gasteiger partial charge in [0.1, 0.15) is 5.82 Å². The second kappa shape index (κ2) is 15.0. The van der Waals surface area contributed by atoms with Crippen molar-refractivity contribution in [2.75, 3.05) is 0 Å². The topological polar surface area (TPSA) is 47.5 Å². The number of imidazole rings is 2. The molecule has 57 heavy (non-hydrogen) atoms. The smallest absolute Gasteiger partial charge is 0.137 e. The van der Waals surface area contributed by atoms with Crippen LogP contribution in [0, 0.1) is 31.3 Å². The van der Waals surface area contributed by atoms with E-state index in [0.29, 0.717) is 11.3 Å². The van der Waals surface area contributed by atoms with E-state index in [2.05, 4.69) is 127 Å². The van der Waals surface area contributed by atoms with Crippen LogP contribution in [-0.2, 0) is 25.5 Å². The Bertz CT molecular complexity index is 3110. The Morgan fingerprint density at radius 1 is 0.772 bits per heavy atom. The zero-order valence-electron chi connectivity index (χ0n) is 39.9. The summed E-state index contributed by atoms with van der Waals surface area (Å²) in [5, 5.41) is 0.949. The molecule has 1 fully saturated rings. The van der Waals surface area contributed by atoms with E-state index in [4.69, 9.17) is 18.2 Å². The van der Waals surface area contributed by atoms with Crippen molar-refractivity contribution in [2.45, 2.75) is 85.3 Å². The van der Waals surface area contributed by atoms with E-state index < -0.39 is 19.6 Å². The first-order valence-corrected chi connectivity index (χ1v) is 19.4. The van der Waals surface area contributed by atoms with Crippen molar-refractivity contribution in [1.82, 2.24) is 23.8 Å². The number of aryl methyl sites for hydroxylation is 2. The second-order valence-electron chi connectivity index (χ2n) is 16.8. The number of fused-ring (bicyclic) bond motifs is 7. The third kappa shape index (κ3) is 7.08. The van der Waals surface area contributed by atoms with Gasteiger partial charge in [-0.1, -0.05) is 101 Å². The molecule has 0 aliphatic heterocycles. The molecule has 0 amide bonds. The molecule has 4 aromatic heterocycles. The molecule has 0 unspecified atom stereocenters. The average Bonchev–Trinajstić information content (AvgIpc) is 3.81. The predicted molar refractivity (Wildman–Crippen MR) is 232 cm³/mol. The van der Waals surface area contributed by atoms with Crippen molar-refractivity contribution in [3.8, 4) is 22.6 Å². The third-order valence-electron chi connectivity index (χ3n) is 11.3. The minimum Gasteiger partial charge on any atom is -0.332 e. The molecule has 289 valence electrons. The van der Waals surface area contributed by atoms with Gasteiger partial charge in [-0.25, -0.2) is 4.98 Å². The Morgan fingerprint density at radius 2 is 1.53 bits per heavy atom. The van der Waals surface area contributed by atoms with Gasteiger partial charge in [-0.3, -0.25) is 4.98 Å². The molecule has 10 rings (SSSR count). The fourth-order valence-corrected chi connectivity index (χ4v) is 8.24. The standard InChI is InChI=1S/C38H37N4.C13H12N.Ir/c1-37(2,3)28-14-8-6-12-26(28)35-40-33-25(24-20-22-38(4,5)23-21-24)18-19-32-34(33)42(35)30-16-10-7-13-27(30)36-39-29-15-9-11-17-31(29)41(32)36;1-10-3-6-12(7-4-10)13-8-5-11(2)9-14-13;/h6-12,14-19,24H,20-23H2,1-5H3;3-6,8-9H,1-2H3;/q2*-1;/i24D;1D3,2D3;. The van der Waals surface area contributed by atoms with Gasteiger partial charge in [-0.05, 0) is 95.4 Å². The molecule has 4 heterocycles. The van der Waals surface area contributed by atoms with Crippen LogP contribution in [-0.4, -0.2) is 23.8 Å². The Labute approximate surface area is 359 Å². The van der Waals surface area contributed by atoms with E-state index in [1.807, 2.05) is 12.1 Å². The Hall–Kier alpha value is -5.16. The Balaban J connectivity index is 0.000000225. The van der Waals surface area contributed by atoms with Gasteiger partial charge >= 0.3 is 0 Å². The van der Waals surface area contributed by atoms with Crippen molar-refractivity contribution in [3.05, 3.63) is 150 Å². The van der Waals surface area contributed by atoms with Gasteiger partial charge in [0.25, 0.3) is 0 Å². The van der Waals surface area contributed by atoms with E-state index in [9.17, 15) is 1.37 Å². The molecule has 0 saturated heterocycles. The van der Waals surface area contributed by atoms with Crippen LogP contribution in [0.15, 0.2) is 115 Å². The summed E-state index contributed by atoms with van der Waals surface area (Å²) in [6, 6.07) is 41.6. The quantitative estimate of drug-likeness (QED) is 0.166. The van der Waals surface area contributed by atoms with Crippen LogP contribution in [0.2, 0.25) is 0 Å². The zero-order chi connectivity index (χ0) is 44.7. The number of hydrogen-bond acceptors (Lipinski definition) is 3. The number of aromatic nitrogens is 5. The number of para-hydroxylation sites is 2. The van der Waals surface area contributed by atoms with E-state index >= 15 is 0 Å². The summed E-state index contributed by atoms with van der Waals surface area (Å²) in [6.45, 7) is 7.12. The molecule has 0 atom stereocenters. The van der Waals surface area contributed by atoms with E-state index in [-0.39, 0.29) is 42.1 Å². The van der Waals surface area contributed by atoms with Crippen molar-refractivity contribution < 1.29 is 29.7 Å². The largest absolute Gasteiger partial charge is 0.332 e. The summed E-state index contributed by atoms with van der Waals surface area (Å²) >= 11 is 0. The molecule has 1 saturated carbocycles. The summed E-state index contributed by atoms with van der Waals surface area (Å²) in [5.74, 6) is 0.219.